The topological polar surface area (TPSA) is 172 Å². The number of carbonyl (C=O) groups is 3. The number of nitrogens with two attached hydrogens (primary N) is 1. The average molecular weight is 788 g/mol. The molecule has 0 saturated heterocycles. The molecule has 0 fully saturated rings. The van der Waals surface area contributed by atoms with Crippen molar-refractivity contribution in [2.45, 2.75) is 206 Å². The molecule has 12 heteroatoms. The number of phosphoric ester groups is 1. The molecule has 0 bridgehead atoms. The number of carboxylic acid groups (broad SMARTS) is 1. The zero-order valence-corrected chi connectivity index (χ0v) is 35.0. The standard InChI is InChI=1S/C42H78NO10P/c1-3-5-7-9-11-13-15-16-17-18-19-20-21-22-24-26-28-30-32-34-41(45)53-38(36-51-54(48,49)52-37-39(43)42(46)47)35-50-40(44)33-31-29-27-25-23-14-12-10-8-6-4-2/h10,12,18-19,38-39H,3-9,11,13-17,20-37,43H2,1-2H3,(H,46,47)(H,48,49)/b12-10-,19-18-/t38-,39+/m1/s1. The van der Waals surface area contributed by atoms with Crippen LogP contribution in [0.25, 0.3) is 0 Å². The van der Waals surface area contributed by atoms with Gasteiger partial charge >= 0.3 is 25.7 Å². The summed E-state index contributed by atoms with van der Waals surface area (Å²) < 4.78 is 32.6. The van der Waals surface area contributed by atoms with Gasteiger partial charge in [0.05, 0.1) is 13.2 Å². The molecule has 1 unspecified atom stereocenters. The van der Waals surface area contributed by atoms with E-state index in [0.29, 0.717) is 12.8 Å². The normalized spacial score (nSPS) is 14.0. The van der Waals surface area contributed by atoms with Gasteiger partial charge in [0, 0.05) is 12.8 Å². The first-order chi connectivity index (χ1) is 26.1. The molecule has 0 aliphatic carbocycles. The van der Waals surface area contributed by atoms with Crippen molar-refractivity contribution in [1.82, 2.24) is 0 Å². The van der Waals surface area contributed by atoms with Gasteiger partial charge in [0.25, 0.3) is 0 Å². The van der Waals surface area contributed by atoms with Crippen LogP contribution in [0, 0.1) is 0 Å². The molecular weight excluding hydrogens is 709 g/mol. The van der Waals surface area contributed by atoms with Crippen molar-refractivity contribution in [3.05, 3.63) is 24.3 Å². The van der Waals surface area contributed by atoms with E-state index in [4.69, 9.17) is 24.8 Å². The largest absolute Gasteiger partial charge is 0.480 e. The number of aliphatic carboxylic acids is 1. The summed E-state index contributed by atoms with van der Waals surface area (Å²) in [7, 11) is -4.71. The van der Waals surface area contributed by atoms with Crippen molar-refractivity contribution in [2.75, 3.05) is 19.8 Å². The van der Waals surface area contributed by atoms with Crippen LogP contribution in [-0.2, 0) is 37.5 Å². The predicted octanol–water partition coefficient (Wildman–Crippen LogP) is 11.1. The Hall–Kier alpha value is -2.04. The number of hydrogen-bond acceptors (Lipinski definition) is 9. The van der Waals surface area contributed by atoms with Crippen LogP contribution >= 0.6 is 7.82 Å². The number of hydrogen-bond donors (Lipinski definition) is 3. The van der Waals surface area contributed by atoms with E-state index in [2.05, 4.69) is 42.7 Å². The summed E-state index contributed by atoms with van der Waals surface area (Å²) in [4.78, 5) is 45.8. The summed E-state index contributed by atoms with van der Waals surface area (Å²) >= 11 is 0. The molecule has 0 aromatic carbocycles. The van der Waals surface area contributed by atoms with E-state index in [1.807, 2.05) is 0 Å². The van der Waals surface area contributed by atoms with Gasteiger partial charge in [0.15, 0.2) is 6.10 Å². The molecule has 0 aromatic rings. The second kappa shape index (κ2) is 37.9. The number of allylic oxidation sites excluding steroid dienone is 4. The number of carboxylic acids is 1. The summed E-state index contributed by atoms with van der Waals surface area (Å²) in [5, 5.41) is 8.87. The smallest absolute Gasteiger partial charge is 0.472 e. The molecule has 54 heavy (non-hydrogen) atoms. The van der Waals surface area contributed by atoms with Crippen LogP contribution < -0.4 is 5.73 Å². The maximum atomic E-state index is 12.6. The first kappa shape index (κ1) is 52.0. The van der Waals surface area contributed by atoms with Crippen LogP contribution in [-0.4, -0.2) is 59.9 Å². The Morgan fingerprint density at radius 2 is 0.944 bits per heavy atom. The maximum absolute atomic E-state index is 12.6. The lowest BCUT2D eigenvalue weighted by Crippen LogP contribution is -2.34. The first-order valence-corrected chi connectivity index (χ1v) is 22.9. The highest BCUT2D eigenvalue weighted by Crippen LogP contribution is 2.43. The molecular formula is C42H78NO10P. The van der Waals surface area contributed by atoms with Crippen LogP contribution in [0.15, 0.2) is 24.3 Å². The zero-order chi connectivity index (χ0) is 40.0. The molecule has 11 nitrogen and oxygen atoms in total. The van der Waals surface area contributed by atoms with Crippen molar-refractivity contribution in [1.29, 1.82) is 0 Å². The lowest BCUT2D eigenvalue weighted by Gasteiger charge is -2.20. The van der Waals surface area contributed by atoms with Gasteiger partial charge in [-0.3, -0.25) is 23.4 Å². The van der Waals surface area contributed by atoms with E-state index < -0.39 is 51.1 Å². The fraction of sp³-hybridized carbons (Fsp3) is 0.833. The van der Waals surface area contributed by atoms with Gasteiger partial charge in [0.2, 0.25) is 0 Å². The number of carbonyl (C=O) groups excluding carboxylic acids is 2. The highest BCUT2D eigenvalue weighted by atomic mass is 31.2. The van der Waals surface area contributed by atoms with Gasteiger partial charge in [0.1, 0.15) is 12.6 Å². The molecule has 0 saturated carbocycles. The number of esters is 2. The molecule has 4 N–H and O–H groups in total. The van der Waals surface area contributed by atoms with Crippen molar-refractivity contribution in [2.24, 2.45) is 5.73 Å². The Labute approximate surface area is 328 Å². The first-order valence-electron chi connectivity index (χ1n) is 21.4. The third kappa shape index (κ3) is 36.9. The van der Waals surface area contributed by atoms with Crippen LogP contribution in [0.3, 0.4) is 0 Å². The second-order valence-electron chi connectivity index (χ2n) is 14.5. The van der Waals surface area contributed by atoms with Crippen molar-refractivity contribution >= 4 is 25.7 Å². The minimum absolute atomic E-state index is 0.156. The summed E-state index contributed by atoms with van der Waals surface area (Å²) in [6.45, 7) is 2.75. The maximum Gasteiger partial charge on any atom is 0.472 e. The van der Waals surface area contributed by atoms with E-state index in [9.17, 15) is 23.8 Å². The summed E-state index contributed by atoms with van der Waals surface area (Å²) in [5.41, 5.74) is 5.32. The van der Waals surface area contributed by atoms with Gasteiger partial charge in [-0.05, 0) is 57.8 Å². The fourth-order valence-corrected chi connectivity index (χ4v) is 6.52. The summed E-state index contributed by atoms with van der Waals surface area (Å²) in [6.07, 6.45) is 38.2. The number of ether oxygens (including phenoxy) is 2. The van der Waals surface area contributed by atoms with E-state index in [1.54, 1.807) is 0 Å². The van der Waals surface area contributed by atoms with Crippen LogP contribution in [0.4, 0.5) is 0 Å². The molecule has 0 aliphatic heterocycles. The highest BCUT2D eigenvalue weighted by molar-refractivity contribution is 7.47. The molecule has 0 radical (unpaired) electrons. The third-order valence-electron chi connectivity index (χ3n) is 9.17. The molecule has 3 atom stereocenters. The monoisotopic (exact) mass is 788 g/mol. The van der Waals surface area contributed by atoms with Gasteiger partial charge in [-0.25, -0.2) is 4.57 Å². The summed E-state index contributed by atoms with van der Waals surface area (Å²) in [6, 6.07) is -1.52. The van der Waals surface area contributed by atoms with E-state index in [1.165, 1.54) is 89.9 Å². The third-order valence-corrected chi connectivity index (χ3v) is 10.1. The van der Waals surface area contributed by atoms with E-state index in [0.717, 1.165) is 64.2 Å². The van der Waals surface area contributed by atoms with E-state index >= 15 is 0 Å². The van der Waals surface area contributed by atoms with Gasteiger partial charge in [-0.2, -0.15) is 0 Å². The Morgan fingerprint density at radius 1 is 0.556 bits per heavy atom. The van der Waals surface area contributed by atoms with Gasteiger partial charge in [-0.1, -0.05) is 147 Å². The zero-order valence-electron chi connectivity index (χ0n) is 34.1. The minimum Gasteiger partial charge on any atom is -0.480 e. The Balaban J connectivity index is 4.33. The second-order valence-corrected chi connectivity index (χ2v) is 15.9. The highest BCUT2D eigenvalue weighted by Gasteiger charge is 2.28. The summed E-state index contributed by atoms with van der Waals surface area (Å²) in [5.74, 6) is -2.39. The SMILES string of the molecule is CCCC/C=C\CCCCCCCC(=O)OC[C@H](COP(=O)(O)OC[C@H](N)C(=O)O)OC(=O)CCCCCCCCC/C=C\CCCCCCCCCC. The predicted molar refractivity (Wildman–Crippen MR) is 217 cm³/mol. The Bertz CT molecular complexity index is 1020. The van der Waals surface area contributed by atoms with Crippen molar-refractivity contribution < 1.29 is 47.5 Å². The molecule has 0 aliphatic rings. The number of phosphoric acid groups is 1. The van der Waals surface area contributed by atoms with Crippen LogP contribution in [0.5, 0.6) is 0 Å². The van der Waals surface area contributed by atoms with Crippen molar-refractivity contribution in [3.8, 4) is 0 Å². The van der Waals surface area contributed by atoms with Gasteiger partial charge < -0.3 is 25.2 Å². The molecule has 0 amide bonds. The number of unbranched alkanes of at least 4 members (excludes halogenated alkanes) is 22. The fourth-order valence-electron chi connectivity index (χ4n) is 5.75. The van der Waals surface area contributed by atoms with E-state index in [-0.39, 0.29) is 19.4 Å². The van der Waals surface area contributed by atoms with Crippen molar-refractivity contribution in [3.63, 3.8) is 0 Å². The molecule has 0 aromatic heterocycles. The molecule has 0 heterocycles. The molecule has 0 spiro atoms. The lowest BCUT2D eigenvalue weighted by molar-refractivity contribution is -0.161. The van der Waals surface area contributed by atoms with Gasteiger partial charge in [-0.15, -0.1) is 0 Å². The van der Waals surface area contributed by atoms with Crippen LogP contribution in [0.2, 0.25) is 0 Å². The molecule has 316 valence electrons. The molecule has 0 rings (SSSR count). The Kier molecular flexibility index (Phi) is 36.4. The van der Waals surface area contributed by atoms with Crippen LogP contribution in [0.1, 0.15) is 194 Å². The Morgan fingerprint density at radius 3 is 1.41 bits per heavy atom. The number of rotatable bonds is 40. The average Bonchev–Trinajstić information content (AvgIpc) is 3.14. The lowest BCUT2D eigenvalue weighted by atomic mass is 10.1. The minimum atomic E-state index is -4.71. The quantitative estimate of drug-likeness (QED) is 0.0233.